The van der Waals surface area contributed by atoms with Crippen LogP contribution in [-0.2, 0) is 0 Å². The minimum Gasteiger partial charge on any atom is -0.494 e. The Morgan fingerprint density at radius 1 is 1.16 bits per heavy atom. The highest BCUT2D eigenvalue weighted by Crippen LogP contribution is 2.15. The van der Waals surface area contributed by atoms with Crippen LogP contribution in [0.1, 0.15) is 19.4 Å². The van der Waals surface area contributed by atoms with Gasteiger partial charge in [-0.3, -0.25) is 0 Å². The minimum absolute atomic E-state index is 0.205. The zero-order chi connectivity index (χ0) is 18.1. The predicted octanol–water partition coefficient (Wildman–Crippen LogP) is 4.36. The molecule has 0 fully saturated rings. The first kappa shape index (κ1) is 18.5. The van der Waals surface area contributed by atoms with Crippen LogP contribution >= 0.6 is 11.6 Å². The second kappa shape index (κ2) is 9.49. The Bertz CT molecular complexity index is 765. The van der Waals surface area contributed by atoms with Gasteiger partial charge in [-0.1, -0.05) is 29.8 Å². The summed E-state index contributed by atoms with van der Waals surface area (Å²) >= 11 is 5.83. The van der Waals surface area contributed by atoms with Crippen LogP contribution < -0.4 is 15.9 Å². The first-order chi connectivity index (χ1) is 12.1. The van der Waals surface area contributed by atoms with Gasteiger partial charge < -0.3 is 10.5 Å². The van der Waals surface area contributed by atoms with E-state index in [0.717, 1.165) is 17.0 Å². The van der Waals surface area contributed by atoms with Crippen molar-refractivity contribution >= 4 is 35.0 Å². The SMILES string of the molecule is CCOc1ccc(/C=C/C(C)=N/NC(N)=Nc2ccc(Cl)cc2)cc1. The highest BCUT2D eigenvalue weighted by atomic mass is 35.5. The summed E-state index contributed by atoms with van der Waals surface area (Å²) in [5.74, 6) is 1.06. The Kier molecular flexibility index (Phi) is 7.04. The lowest BCUT2D eigenvalue weighted by Gasteiger charge is -2.02. The standard InChI is InChI=1S/C19H21ClN4O/c1-3-25-18-12-6-15(7-13-18)5-4-14(2)23-24-19(21)22-17-10-8-16(20)9-11-17/h4-13H,3H2,1-2H3,(H3,21,22,24)/b5-4+,23-14+. The Hall–Kier alpha value is -2.79. The average molecular weight is 357 g/mol. The van der Waals surface area contributed by atoms with E-state index in [9.17, 15) is 0 Å². The molecule has 0 saturated heterocycles. The van der Waals surface area contributed by atoms with Crippen molar-refractivity contribution in [2.45, 2.75) is 13.8 Å². The molecule has 0 aliphatic rings. The van der Waals surface area contributed by atoms with Crippen LogP contribution in [0.3, 0.4) is 0 Å². The van der Waals surface area contributed by atoms with Crippen LogP contribution in [0.15, 0.2) is 64.7 Å². The van der Waals surface area contributed by atoms with Gasteiger partial charge in [-0.25, -0.2) is 10.4 Å². The number of benzene rings is 2. The Labute approximate surface area is 152 Å². The lowest BCUT2D eigenvalue weighted by molar-refractivity contribution is 0.340. The van der Waals surface area contributed by atoms with Gasteiger partial charge in [0.15, 0.2) is 0 Å². The molecule has 0 atom stereocenters. The van der Waals surface area contributed by atoms with Crippen molar-refractivity contribution < 1.29 is 4.74 Å². The molecule has 0 spiro atoms. The summed E-state index contributed by atoms with van der Waals surface area (Å²) in [4.78, 5) is 4.20. The van der Waals surface area contributed by atoms with Gasteiger partial charge in [0, 0.05) is 5.02 Å². The number of nitrogens with two attached hydrogens (primary N) is 1. The van der Waals surface area contributed by atoms with Crippen LogP contribution in [0, 0.1) is 0 Å². The van der Waals surface area contributed by atoms with Gasteiger partial charge in [0.1, 0.15) is 5.75 Å². The number of allylic oxidation sites excluding steroid dienone is 1. The zero-order valence-corrected chi connectivity index (χ0v) is 15.0. The molecule has 0 aliphatic carbocycles. The third-order valence-corrected chi connectivity index (χ3v) is 3.38. The number of hydrogen-bond donors (Lipinski definition) is 2. The lowest BCUT2D eigenvalue weighted by Crippen LogP contribution is -2.27. The molecule has 6 heteroatoms. The fourth-order valence-corrected chi connectivity index (χ4v) is 2.05. The maximum atomic E-state index is 5.83. The molecule has 0 unspecified atom stereocenters. The van der Waals surface area contributed by atoms with Crippen molar-refractivity contribution in [3.05, 3.63) is 65.2 Å². The molecular weight excluding hydrogens is 336 g/mol. The van der Waals surface area contributed by atoms with Crippen molar-refractivity contribution in [3.8, 4) is 5.75 Å². The number of aliphatic imine (C=N–C) groups is 1. The Balaban J connectivity index is 1.92. The summed E-state index contributed by atoms with van der Waals surface area (Å²) in [7, 11) is 0. The van der Waals surface area contributed by atoms with Gasteiger partial charge in [0.2, 0.25) is 5.96 Å². The summed E-state index contributed by atoms with van der Waals surface area (Å²) < 4.78 is 5.41. The fourth-order valence-electron chi connectivity index (χ4n) is 1.92. The van der Waals surface area contributed by atoms with E-state index in [0.29, 0.717) is 17.3 Å². The number of hydrazone groups is 1. The summed E-state index contributed by atoms with van der Waals surface area (Å²) in [5, 5.41) is 4.82. The maximum Gasteiger partial charge on any atom is 0.214 e. The average Bonchev–Trinajstić information content (AvgIpc) is 2.61. The number of ether oxygens (including phenoxy) is 1. The lowest BCUT2D eigenvalue weighted by atomic mass is 10.2. The van der Waals surface area contributed by atoms with E-state index >= 15 is 0 Å². The smallest absolute Gasteiger partial charge is 0.214 e. The number of halogens is 1. The molecule has 25 heavy (non-hydrogen) atoms. The quantitative estimate of drug-likeness (QED) is 0.458. The highest BCUT2D eigenvalue weighted by molar-refractivity contribution is 6.30. The molecule has 0 radical (unpaired) electrons. The van der Waals surface area contributed by atoms with Crippen molar-refractivity contribution in [1.29, 1.82) is 0 Å². The van der Waals surface area contributed by atoms with E-state index < -0.39 is 0 Å². The first-order valence-corrected chi connectivity index (χ1v) is 8.25. The topological polar surface area (TPSA) is 72.0 Å². The van der Waals surface area contributed by atoms with Crippen molar-refractivity contribution in [1.82, 2.24) is 5.43 Å². The molecule has 130 valence electrons. The second-order valence-corrected chi connectivity index (χ2v) is 5.61. The van der Waals surface area contributed by atoms with E-state index in [1.54, 1.807) is 24.3 Å². The number of hydrogen-bond acceptors (Lipinski definition) is 3. The van der Waals surface area contributed by atoms with Crippen LogP contribution in [0.5, 0.6) is 5.75 Å². The predicted molar refractivity (Wildman–Crippen MR) is 106 cm³/mol. The van der Waals surface area contributed by atoms with E-state index in [2.05, 4.69) is 15.5 Å². The molecule has 0 bridgehead atoms. The molecule has 2 rings (SSSR count). The van der Waals surface area contributed by atoms with Gasteiger partial charge in [-0.2, -0.15) is 5.10 Å². The van der Waals surface area contributed by atoms with E-state index in [4.69, 9.17) is 22.1 Å². The summed E-state index contributed by atoms with van der Waals surface area (Å²) in [5.41, 5.74) is 11.0. The molecule has 2 aromatic carbocycles. The highest BCUT2D eigenvalue weighted by Gasteiger charge is 1.94. The van der Waals surface area contributed by atoms with Gasteiger partial charge in [-0.05, 0) is 61.9 Å². The van der Waals surface area contributed by atoms with Crippen molar-refractivity contribution in [2.24, 2.45) is 15.8 Å². The molecular formula is C19H21ClN4O. The summed E-state index contributed by atoms with van der Waals surface area (Å²) in [6.07, 6.45) is 3.85. The van der Waals surface area contributed by atoms with Gasteiger partial charge in [-0.15, -0.1) is 0 Å². The normalized spacial score (nSPS) is 12.4. The van der Waals surface area contributed by atoms with Crippen LogP contribution in [-0.4, -0.2) is 18.3 Å². The first-order valence-electron chi connectivity index (χ1n) is 7.88. The van der Waals surface area contributed by atoms with Gasteiger partial charge in [0.25, 0.3) is 0 Å². The maximum absolute atomic E-state index is 5.83. The zero-order valence-electron chi connectivity index (χ0n) is 14.2. The Morgan fingerprint density at radius 2 is 1.84 bits per heavy atom. The largest absolute Gasteiger partial charge is 0.494 e. The molecule has 0 heterocycles. The van der Waals surface area contributed by atoms with Crippen molar-refractivity contribution in [2.75, 3.05) is 6.61 Å². The van der Waals surface area contributed by atoms with E-state index in [1.165, 1.54) is 0 Å². The molecule has 0 saturated carbocycles. The number of nitrogens with zero attached hydrogens (tertiary/aromatic N) is 2. The number of rotatable bonds is 6. The third kappa shape index (κ3) is 6.69. The van der Waals surface area contributed by atoms with E-state index in [1.807, 2.05) is 50.3 Å². The van der Waals surface area contributed by atoms with Crippen molar-refractivity contribution in [3.63, 3.8) is 0 Å². The summed E-state index contributed by atoms with van der Waals surface area (Å²) in [6.45, 7) is 4.49. The molecule has 0 aliphatic heterocycles. The minimum atomic E-state index is 0.205. The molecule has 5 nitrogen and oxygen atoms in total. The van der Waals surface area contributed by atoms with Crippen LogP contribution in [0.4, 0.5) is 5.69 Å². The second-order valence-electron chi connectivity index (χ2n) is 5.17. The fraction of sp³-hybridized carbons (Fsp3) is 0.158. The molecule has 0 amide bonds. The molecule has 2 aromatic rings. The monoisotopic (exact) mass is 356 g/mol. The summed E-state index contributed by atoms with van der Waals surface area (Å²) in [6, 6.07) is 14.9. The van der Waals surface area contributed by atoms with Crippen LogP contribution in [0.2, 0.25) is 5.02 Å². The number of nitrogens with one attached hydrogen (secondary N) is 1. The van der Waals surface area contributed by atoms with E-state index in [-0.39, 0.29) is 5.96 Å². The van der Waals surface area contributed by atoms with Gasteiger partial charge >= 0.3 is 0 Å². The molecule has 3 N–H and O–H groups in total. The Morgan fingerprint density at radius 3 is 2.48 bits per heavy atom. The third-order valence-electron chi connectivity index (χ3n) is 3.13. The number of guanidine groups is 1. The van der Waals surface area contributed by atoms with Gasteiger partial charge in [0.05, 0.1) is 18.0 Å². The van der Waals surface area contributed by atoms with Crippen LogP contribution in [0.25, 0.3) is 6.08 Å². The molecule has 0 aromatic heterocycles.